The van der Waals surface area contributed by atoms with Gasteiger partial charge in [0, 0.05) is 51.0 Å². The summed E-state index contributed by atoms with van der Waals surface area (Å²) in [6.45, 7) is 3.35. The molecule has 2 aliphatic heterocycles. The van der Waals surface area contributed by atoms with E-state index in [0.29, 0.717) is 31.6 Å². The zero-order valence-corrected chi connectivity index (χ0v) is 22.1. The van der Waals surface area contributed by atoms with Gasteiger partial charge < -0.3 is 15.0 Å². The van der Waals surface area contributed by atoms with Crippen molar-refractivity contribution in [3.8, 4) is 0 Å². The molecule has 2 saturated carbocycles. The maximum Gasteiger partial charge on any atom is 0.416 e. The summed E-state index contributed by atoms with van der Waals surface area (Å²) in [5.74, 6) is 0.716. The summed E-state index contributed by atoms with van der Waals surface area (Å²) >= 11 is 0. The van der Waals surface area contributed by atoms with E-state index >= 15 is 0 Å². The lowest BCUT2D eigenvalue weighted by molar-refractivity contribution is -0.137. The van der Waals surface area contributed by atoms with Crippen molar-refractivity contribution in [2.45, 2.75) is 95.0 Å². The molecule has 1 N–H and O–H groups in total. The van der Waals surface area contributed by atoms with Gasteiger partial charge >= 0.3 is 12.3 Å². The maximum absolute atomic E-state index is 12.8. The van der Waals surface area contributed by atoms with E-state index in [0.717, 1.165) is 82.2 Å². The topological polar surface area (TPSA) is 61.9 Å². The summed E-state index contributed by atoms with van der Waals surface area (Å²) in [4.78, 5) is 29.5. The predicted octanol–water partition coefficient (Wildman–Crippen LogP) is 5.75. The predicted molar refractivity (Wildman–Crippen MR) is 137 cm³/mol. The van der Waals surface area contributed by atoms with Crippen LogP contribution >= 0.6 is 0 Å². The number of nitrogens with zero attached hydrogens (tertiary/aromatic N) is 2. The van der Waals surface area contributed by atoms with Gasteiger partial charge in [-0.05, 0) is 62.1 Å². The second kappa shape index (κ2) is 11.4. The van der Waals surface area contributed by atoms with Gasteiger partial charge in [-0.15, -0.1) is 0 Å². The number of carbonyl (C=O) groups excluding carboxylic acids is 2. The molecular formula is C29H40F3N3O3. The van der Waals surface area contributed by atoms with Crippen LogP contribution in [0.2, 0.25) is 0 Å². The standard InChI is InChI=1S/C29H40F3N3O3/c30-29(31,32)24-12-8-21(9-13-24)18-34-16-14-28(15-17-34)20-35(27(37)38-28)19-22-6-10-23(11-7-22)26(36)33-25-4-2-1-3-5-25/h8-9,12-13,22-23,25H,1-7,10-11,14-20H2,(H,33,36). The summed E-state index contributed by atoms with van der Waals surface area (Å²) in [7, 11) is 0. The molecule has 4 fully saturated rings. The summed E-state index contributed by atoms with van der Waals surface area (Å²) < 4.78 is 44.4. The minimum atomic E-state index is -4.32. The van der Waals surface area contributed by atoms with Crippen molar-refractivity contribution in [3.63, 3.8) is 0 Å². The van der Waals surface area contributed by atoms with Crippen molar-refractivity contribution in [2.24, 2.45) is 11.8 Å². The molecule has 0 atom stereocenters. The largest absolute Gasteiger partial charge is 0.441 e. The number of rotatable bonds is 6. The van der Waals surface area contributed by atoms with E-state index in [1.807, 2.05) is 4.90 Å². The molecular weight excluding hydrogens is 495 g/mol. The number of likely N-dealkylation sites (tertiary alicyclic amines) is 1. The van der Waals surface area contributed by atoms with Gasteiger partial charge in [-0.1, -0.05) is 31.4 Å². The smallest absolute Gasteiger partial charge is 0.416 e. The van der Waals surface area contributed by atoms with Gasteiger partial charge in [-0.2, -0.15) is 13.2 Å². The lowest BCUT2D eigenvalue weighted by Crippen LogP contribution is -2.47. The van der Waals surface area contributed by atoms with Crippen LogP contribution in [0.3, 0.4) is 0 Å². The summed E-state index contributed by atoms with van der Waals surface area (Å²) in [6, 6.07) is 5.70. The highest BCUT2D eigenvalue weighted by atomic mass is 19.4. The van der Waals surface area contributed by atoms with Crippen molar-refractivity contribution in [1.82, 2.24) is 15.1 Å². The first-order valence-electron chi connectivity index (χ1n) is 14.4. The number of piperidine rings is 1. The number of ether oxygens (including phenoxy) is 1. The molecule has 6 nitrogen and oxygen atoms in total. The van der Waals surface area contributed by atoms with Crippen LogP contribution < -0.4 is 5.32 Å². The molecule has 0 aromatic heterocycles. The van der Waals surface area contributed by atoms with E-state index in [1.165, 1.54) is 19.3 Å². The van der Waals surface area contributed by atoms with E-state index in [1.54, 1.807) is 12.1 Å². The van der Waals surface area contributed by atoms with Crippen LogP contribution in [-0.2, 0) is 22.3 Å². The van der Waals surface area contributed by atoms with Crippen molar-refractivity contribution in [2.75, 3.05) is 26.2 Å². The molecule has 5 rings (SSSR count). The van der Waals surface area contributed by atoms with Gasteiger partial charge in [-0.3, -0.25) is 9.69 Å². The lowest BCUT2D eigenvalue weighted by Gasteiger charge is -2.37. The van der Waals surface area contributed by atoms with Crippen molar-refractivity contribution in [1.29, 1.82) is 0 Å². The molecule has 0 radical (unpaired) electrons. The number of hydrogen-bond acceptors (Lipinski definition) is 4. The summed E-state index contributed by atoms with van der Waals surface area (Å²) in [6.07, 6.45) is 6.49. The molecule has 1 aromatic carbocycles. The second-order valence-corrected chi connectivity index (χ2v) is 12.0. The summed E-state index contributed by atoms with van der Waals surface area (Å²) in [5, 5.41) is 3.28. The zero-order chi connectivity index (χ0) is 26.8. The Morgan fingerprint density at radius 3 is 2.26 bits per heavy atom. The Balaban J connectivity index is 1.04. The molecule has 2 heterocycles. The van der Waals surface area contributed by atoms with Gasteiger partial charge in [0.15, 0.2) is 0 Å². The van der Waals surface area contributed by atoms with Gasteiger partial charge in [0.1, 0.15) is 5.60 Å². The van der Waals surface area contributed by atoms with Gasteiger partial charge in [-0.25, -0.2) is 4.79 Å². The zero-order valence-electron chi connectivity index (χ0n) is 22.1. The maximum atomic E-state index is 12.8. The fraction of sp³-hybridized carbons (Fsp3) is 0.724. The Labute approximate surface area is 223 Å². The van der Waals surface area contributed by atoms with E-state index in [-0.39, 0.29) is 17.9 Å². The Kier molecular flexibility index (Phi) is 8.22. The quantitative estimate of drug-likeness (QED) is 0.504. The third-order valence-electron chi connectivity index (χ3n) is 9.14. The molecule has 1 spiro atoms. The van der Waals surface area contributed by atoms with Gasteiger partial charge in [0.25, 0.3) is 0 Å². The number of nitrogens with one attached hydrogen (secondary N) is 1. The first kappa shape index (κ1) is 27.3. The van der Waals surface area contributed by atoms with Crippen molar-refractivity contribution >= 4 is 12.0 Å². The number of amides is 2. The van der Waals surface area contributed by atoms with Gasteiger partial charge in [0.05, 0.1) is 12.1 Å². The molecule has 0 unspecified atom stereocenters. The number of carbonyl (C=O) groups is 2. The Morgan fingerprint density at radius 1 is 0.974 bits per heavy atom. The normalized spacial score (nSPS) is 26.9. The van der Waals surface area contributed by atoms with Crippen LogP contribution in [0.5, 0.6) is 0 Å². The minimum absolute atomic E-state index is 0.0963. The molecule has 210 valence electrons. The molecule has 2 amide bonds. The number of benzene rings is 1. The van der Waals surface area contributed by atoms with Crippen molar-refractivity contribution < 1.29 is 27.5 Å². The molecule has 0 bridgehead atoms. The molecule has 4 aliphatic rings. The summed E-state index contributed by atoms with van der Waals surface area (Å²) in [5.41, 5.74) is -0.250. The van der Waals surface area contributed by atoms with Crippen LogP contribution in [0.25, 0.3) is 0 Å². The third-order valence-corrected chi connectivity index (χ3v) is 9.14. The fourth-order valence-electron chi connectivity index (χ4n) is 6.75. The highest BCUT2D eigenvalue weighted by molar-refractivity contribution is 5.79. The van der Waals surface area contributed by atoms with Crippen LogP contribution in [-0.4, -0.2) is 59.6 Å². The highest BCUT2D eigenvalue weighted by Gasteiger charge is 2.47. The average molecular weight is 536 g/mol. The number of hydrogen-bond donors (Lipinski definition) is 1. The van der Waals surface area contributed by atoms with E-state index in [9.17, 15) is 22.8 Å². The van der Waals surface area contributed by atoms with Crippen LogP contribution in [0.4, 0.5) is 18.0 Å². The Hall–Kier alpha value is -2.29. The monoisotopic (exact) mass is 535 g/mol. The first-order valence-corrected chi connectivity index (χ1v) is 14.4. The first-order chi connectivity index (χ1) is 18.2. The molecule has 2 saturated heterocycles. The van der Waals surface area contributed by atoms with Crippen LogP contribution in [0, 0.1) is 11.8 Å². The molecule has 1 aromatic rings. The minimum Gasteiger partial charge on any atom is -0.441 e. The molecule has 2 aliphatic carbocycles. The SMILES string of the molecule is O=C(NC1CCCCC1)C1CCC(CN2CC3(CCN(Cc4ccc(C(F)(F)F)cc4)CC3)OC2=O)CC1. The number of halogens is 3. The van der Waals surface area contributed by atoms with Gasteiger partial charge in [0.2, 0.25) is 5.91 Å². The second-order valence-electron chi connectivity index (χ2n) is 12.0. The van der Waals surface area contributed by atoms with Crippen LogP contribution in [0.1, 0.15) is 81.8 Å². The number of alkyl halides is 3. The molecule has 38 heavy (non-hydrogen) atoms. The highest BCUT2D eigenvalue weighted by Crippen LogP contribution is 2.37. The van der Waals surface area contributed by atoms with E-state index in [4.69, 9.17) is 4.74 Å². The molecule has 9 heteroatoms. The Morgan fingerprint density at radius 2 is 1.63 bits per heavy atom. The third kappa shape index (κ3) is 6.64. The average Bonchev–Trinajstić information content (AvgIpc) is 3.20. The fourth-order valence-corrected chi connectivity index (χ4v) is 6.75. The van der Waals surface area contributed by atoms with E-state index in [2.05, 4.69) is 10.2 Å². The van der Waals surface area contributed by atoms with Crippen LogP contribution in [0.15, 0.2) is 24.3 Å². The van der Waals surface area contributed by atoms with E-state index < -0.39 is 17.3 Å². The van der Waals surface area contributed by atoms with Crippen molar-refractivity contribution in [3.05, 3.63) is 35.4 Å². The Bertz CT molecular complexity index is 962. The lowest BCUT2D eigenvalue weighted by atomic mass is 9.81.